The largest absolute Gasteiger partial charge is 0.497 e. The summed E-state index contributed by atoms with van der Waals surface area (Å²) in [6, 6.07) is 7.00. The highest BCUT2D eigenvalue weighted by Crippen LogP contribution is 2.49. The van der Waals surface area contributed by atoms with E-state index < -0.39 is 11.4 Å². The molecular weight excluding hydrogens is 270 g/mol. The Morgan fingerprint density at radius 3 is 2.90 bits per heavy atom. The molecule has 1 amide bonds. The smallest absolute Gasteiger partial charge is 0.311 e. The molecule has 1 heterocycles. The molecule has 0 spiro atoms. The fourth-order valence-electron chi connectivity index (χ4n) is 3.73. The first kappa shape index (κ1) is 13.9. The predicted octanol–water partition coefficient (Wildman–Crippen LogP) is 2.02. The van der Waals surface area contributed by atoms with Crippen molar-refractivity contribution in [1.82, 2.24) is 4.90 Å². The lowest BCUT2D eigenvalue weighted by Crippen LogP contribution is -2.37. The molecule has 2 fully saturated rings. The molecule has 5 nitrogen and oxygen atoms in total. The third-order valence-electron chi connectivity index (χ3n) is 4.90. The zero-order chi connectivity index (χ0) is 15.0. The molecule has 21 heavy (non-hydrogen) atoms. The summed E-state index contributed by atoms with van der Waals surface area (Å²) in [7, 11) is 1.56. The Morgan fingerprint density at radius 2 is 2.24 bits per heavy atom. The van der Waals surface area contributed by atoms with Crippen molar-refractivity contribution in [3.8, 4) is 5.75 Å². The van der Waals surface area contributed by atoms with E-state index in [-0.39, 0.29) is 11.8 Å². The highest BCUT2D eigenvalue weighted by molar-refractivity contribution is 5.95. The number of ether oxygens (including phenoxy) is 1. The van der Waals surface area contributed by atoms with Gasteiger partial charge in [0.05, 0.1) is 12.5 Å². The van der Waals surface area contributed by atoms with E-state index in [4.69, 9.17) is 4.74 Å². The number of benzene rings is 1. The molecule has 0 bridgehead atoms. The summed E-state index contributed by atoms with van der Waals surface area (Å²) in [5, 5.41) is 9.57. The second kappa shape index (κ2) is 5.06. The fourth-order valence-corrected chi connectivity index (χ4v) is 3.73. The highest BCUT2D eigenvalue weighted by atomic mass is 16.5. The van der Waals surface area contributed by atoms with Crippen molar-refractivity contribution >= 4 is 11.9 Å². The van der Waals surface area contributed by atoms with Gasteiger partial charge in [-0.2, -0.15) is 0 Å². The minimum absolute atomic E-state index is 0.0876. The van der Waals surface area contributed by atoms with Gasteiger partial charge in [-0.1, -0.05) is 12.5 Å². The van der Waals surface area contributed by atoms with Crippen LogP contribution in [0.3, 0.4) is 0 Å². The number of methoxy groups -OCH3 is 1. The van der Waals surface area contributed by atoms with Gasteiger partial charge in [-0.3, -0.25) is 9.59 Å². The van der Waals surface area contributed by atoms with Crippen molar-refractivity contribution in [3.05, 3.63) is 29.8 Å². The van der Waals surface area contributed by atoms with Crippen LogP contribution in [0.15, 0.2) is 24.3 Å². The first-order valence-electron chi connectivity index (χ1n) is 7.23. The molecule has 1 saturated heterocycles. The third kappa shape index (κ3) is 2.17. The molecule has 5 heteroatoms. The summed E-state index contributed by atoms with van der Waals surface area (Å²) in [5.74, 6) is -0.146. The van der Waals surface area contributed by atoms with E-state index in [9.17, 15) is 14.7 Å². The van der Waals surface area contributed by atoms with Crippen LogP contribution in [-0.4, -0.2) is 42.1 Å². The first-order valence-corrected chi connectivity index (χ1v) is 7.23. The van der Waals surface area contributed by atoms with E-state index in [0.29, 0.717) is 30.8 Å². The summed E-state index contributed by atoms with van der Waals surface area (Å²) in [4.78, 5) is 25.9. The lowest BCUT2D eigenvalue weighted by Gasteiger charge is -2.23. The van der Waals surface area contributed by atoms with Gasteiger partial charge in [0.1, 0.15) is 5.75 Å². The maximum atomic E-state index is 12.6. The van der Waals surface area contributed by atoms with Crippen LogP contribution in [0.1, 0.15) is 29.6 Å². The SMILES string of the molecule is COc1cccc(C(=O)N2C[C@@H]3CCC[C@@]3(C(=O)O)C2)c1. The molecule has 2 atom stereocenters. The third-order valence-corrected chi connectivity index (χ3v) is 4.90. The van der Waals surface area contributed by atoms with Gasteiger partial charge < -0.3 is 14.7 Å². The molecule has 1 aliphatic carbocycles. The van der Waals surface area contributed by atoms with Crippen LogP contribution in [-0.2, 0) is 4.79 Å². The van der Waals surface area contributed by atoms with Crippen molar-refractivity contribution < 1.29 is 19.4 Å². The first-order chi connectivity index (χ1) is 10.1. The summed E-state index contributed by atoms with van der Waals surface area (Å²) in [6.45, 7) is 0.866. The van der Waals surface area contributed by atoms with Gasteiger partial charge in [-0.25, -0.2) is 0 Å². The zero-order valence-electron chi connectivity index (χ0n) is 12.0. The maximum absolute atomic E-state index is 12.6. The molecule has 0 unspecified atom stereocenters. The number of amides is 1. The topological polar surface area (TPSA) is 66.8 Å². The van der Waals surface area contributed by atoms with Crippen LogP contribution in [0.25, 0.3) is 0 Å². The average Bonchev–Trinajstić information content (AvgIpc) is 3.04. The zero-order valence-corrected chi connectivity index (χ0v) is 12.0. The lowest BCUT2D eigenvalue weighted by atomic mass is 9.81. The number of aliphatic carboxylic acids is 1. The van der Waals surface area contributed by atoms with E-state index in [1.165, 1.54) is 0 Å². The monoisotopic (exact) mass is 289 g/mol. The Bertz CT molecular complexity index is 585. The Morgan fingerprint density at radius 1 is 1.43 bits per heavy atom. The van der Waals surface area contributed by atoms with Crippen molar-refractivity contribution in [2.45, 2.75) is 19.3 Å². The van der Waals surface area contributed by atoms with Crippen molar-refractivity contribution in [2.24, 2.45) is 11.3 Å². The van der Waals surface area contributed by atoms with E-state index in [0.717, 1.165) is 12.8 Å². The number of fused-ring (bicyclic) bond motifs is 1. The summed E-state index contributed by atoms with van der Waals surface area (Å²) in [5.41, 5.74) is -0.177. The van der Waals surface area contributed by atoms with Crippen molar-refractivity contribution in [1.29, 1.82) is 0 Å². The molecule has 0 aromatic heterocycles. The van der Waals surface area contributed by atoms with Crippen LogP contribution in [0.5, 0.6) is 5.75 Å². The minimum atomic E-state index is -0.758. The van der Waals surface area contributed by atoms with Gasteiger partial charge in [0, 0.05) is 18.7 Å². The van der Waals surface area contributed by atoms with Crippen LogP contribution in [0.4, 0.5) is 0 Å². The van der Waals surface area contributed by atoms with E-state index >= 15 is 0 Å². The van der Waals surface area contributed by atoms with Gasteiger partial charge in [0.2, 0.25) is 0 Å². The number of hydrogen-bond donors (Lipinski definition) is 1. The summed E-state index contributed by atoms with van der Waals surface area (Å²) < 4.78 is 5.14. The number of carboxylic acid groups (broad SMARTS) is 1. The summed E-state index contributed by atoms with van der Waals surface area (Å²) >= 11 is 0. The number of nitrogens with zero attached hydrogens (tertiary/aromatic N) is 1. The van der Waals surface area contributed by atoms with Gasteiger partial charge in [-0.15, -0.1) is 0 Å². The predicted molar refractivity (Wildman–Crippen MR) is 76.3 cm³/mol. The number of rotatable bonds is 3. The molecule has 1 N–H and O–H groups in total. The normalized spacial score (nSPS) is 27.5. The molecule has 1 saturated carbocycles. The summed E-state index contributed by atoms with van der Waals surface area (Å²) in [6.07, 6.45) is 2.52. The molecule has 3 rings (SSSR count). The van der Waals surface area contributed by atoms with Gasteiger partial charge in [0.15, 0.2) is 0 Å². The second-order valence-electron chi connectivity index (χ2n) is 5.97. The van der Waals surface area contributed by atoms with Gasteiger partial charge in [0.25, 0.3) is 5.91 Å². The minimum Gasteiger partial charge on any atom is -0.497 e. The quantitative estimate of drug-likeness (QED) is 0.924. The number of carbonyl (C=O) groups excluding carboxylic acids is 1. The number of carbonyl (C=O) groups is 2. The molecule has 1 aliphatic heterocycles. The van der Waals surface area contributed by atoms with Crippen LogP contribution in [0, 0.1) is 11.3 Å². The van der Waals surface area contributed by atoms with Crippen LogP contribution in [0.2, 0.25) is 0 Å². The molecule has 2 aliphatic rings. The molecular formula is C16H19NO4. The lowest BCUT2D eigenvalue weighted by molar-refractivity contribution is -0.149. The fraction of sp³-hybridized carbons (Fsp3) is 0.500. The van der Waals surface area contributed by atoms with Gasteiger partial charge in [-0.05, 0) is 37.0 Å². The number of carboxylic acids is 1. The van der Waals surface area contributed by atoms with Crippen molar-refractivity contribution in [2.75, 3.05) is 20.2 Å². The Hall–Kier alpha value is -2.04. The Kier molecular flexibility index (Phi) is 3.35. The van der Waals surface area contributed by atoms with Crippen molar-refractivity contribution in [3.63, 3.8) is 0 Å². The number of hydrogen-bond acceptors (Lipinski definition) is 3. The highest BCUT2D eigenvalue weighted by Gasteiger charge is 2.55. The van der Waals surface area contributed by atoms with Gasteiger partial charge >= 0.3 is 5.97 Å². The molecule has 1 aromatic carbocycles. The average molecular weight is 289 g/mol. The maximum Gasteiger partial charge on any atom is 0.311 e. The number of likely N-dealkylation sites (tertiary alicyclic amines) is 1. The Labute approximate surface area is 123 Å². The molecule has 0 radical (unpaired) electrons. The van der Waals surface area contributed by atoms with E-state index in [1.54, 1.807) is 36.3 Å². The Balaban J connectivity index is 1.82. The van der Waals surface area contributed by atoms with Crippen LogP contribution >= 0.6 is 0 Å². The van der Waals surface area contributed by atoms with Crippen LogP contribution < -0.4 is 4.74 Å². The van der Waals surface area contributed by atoms with E-state index in [2.05, 4.69) is 0 Å². The molecule has 112 valence electrons. The second-order valence-corrected chi connectivity index (χ2v) is 5.97. The standard InChI is InChI=1S/C16H19NO4/c1-21-13-6-2-4-11(8-13)14(18)17-9-12-5-3-7-16(12,10-17)15(19)20/h2,4,6,8,12H,3,5,7,9-10H2,1H3,(H,19,20)/t12-,16+/m0/s1. The molecule has 1 aromatic rings. The van der Waals surface area contributed by atoms with E-state index in [1.807, 2.05) is 0 Å².